The molecule has 0 aliphatic heterocycles. The van der Waals surface area contributed by atoms with Gasteiger partial charge in [0.15, 0.2) is 5.41 Å². The Labute approximate surface area is 139 Å². The van der Waals surface area contributed by atoms with Crippen LogP contribution in [0.15, 0.2) is 24.3 Å². The van der Waals surface area contributed by atoms with Crippen molar-refractivity contribution in [2.45, 2.75) is 52.9 Å². The Balaban J connectivity index is 3.27. The van der Waals surface area contributed by atoms with Crippen molar-refractivity contribution in [3.63, 3.8) is 0 Å². The Bertz CT molecular complexity index is 499. The standard InChI is InChI=1S/C19H28O4/c1-6-19(17(20)22-7-2,18(21)23-8-3)16-11-9-15(10-12-16)13-14(4)5/h9-12,14H,6-8,13H2,1-5H3. The van der Waals surface area contributed by atoms with Crippen molar-refractivity contribution in [1.82, 2.24) is 0 Å². The van der Waals surface area contributed by atoms with Crippen LogP contribution in [0.4, 0.5) is 0 Å². The van der Waals surface area contributed by atoms with Crippen molar-refractivity contribution in [2.24, 2.45) is 5.92 Å². The van der Waals surface area contributed by atoms with Crippen LogP contribution in [0.1, 0.15) is 52.2 Å². The van der Waals surface area contributed by atoms with Gasteiger partial charge in [-0.3, -0.25) is 9.59 Å². The first-order chi connectivity index (χ1) is 10.9. The Kier molecular flexibility index (Phi) is 7.27. The molecule has 0 saturated carbocycles. The van der Waals surface area contributed by atoms with E-state index < -0.39 is 17.4 Å². The van der Waals surface area contributed by atoms with Crippen molar-refractivity contribution in [1.29, 1.82) is 0 Å². The zero-order valence-electron chi connectivity index (χ0n) is 14.8. The molecule has 0 saturated heterocycles. The first kappa shape index (κ1) is 19.2. The molecule has 1 rings (SSSR count). The van der Waals surface area contributed by atoms with E-state index in [1.54, 1.807) is 20.8 Å². The summed E-state index contributed by atoms with van der Waals surface area (Å²) in [6.07, 6.45) is 1.26. The van der Waals surface area contributed by atoms with E-state index >= 15 is 0 Å². The third-order valence-corrected chi connectivity index (χ3v) is 3.87. The Morgan fingerprint density at radius 3 is 1.78 bits per heavy atom. The van der Waals surface area contributed by atoms with Gasteiger partial charge in [0.25, 0.3) is 0 Å². The first-order valence-corrected chi connectivity index (χ1v) is 8.36. The van der Waals surface area contributed by atoms with E-state index in [0.717, 1.165) is 6.42 Å². The molecule has 0 atom stereocenters. The van der Waals surface area contributed by atoms with Crippen molar-refractivity contribution in [3.05, 3.63) is 35.4 Å². The average Bonchev–Trinajstić information content (AvgIpc) is 2.50. The summed E-state index contributed by atoms with van der Waals surface area (Å²) < 4.78 is 10.4. The summed E-state index contributed by atoms with van der Waals surface area (Å²) in [6.45, 7) is 10.0. The Hall–Kier alpha value is -1.84. The molecule has 0 radical (unpaired) electrons. The Morgan fingerprint density at radius 1 is 0.957 bits per heavy atom. The minimum absolute atomic E-state index is 0.228. The van der Waals surface area contributed by atoms with E-state index in [1.165, 1.54) is 5.56 Å². The fourth-order valence-electron chi connectivity index (χ4n) is 2.72. The number of hydrogen-bond donors (Lipinski definition) is 0. The molecular weight excluding hydrogens is 292 g/mol. The van der Waals surface area contributed by atoms with Crippen molar-refractivity contribution in [3.8, 4) is 0 Å². The van der Waals surface area contributed by atoms with Crippen molar-refractivity contribution >= 4 is 11.9 Å². The fraction of sp³-hybridized carbons (Fsp3) is 0.579. The molecule has 23 heavy (non-hydrogen) atoms. The van der Waals surface area contributed by atoms with Gasteiger partial charge in [0.05, 0.1) is 13.2 Å². The van der Waals surface area contributed by atoms with Crippen molar-refractivity contribution in [2.75, 3.05) is 13.2 Å². The van der Waals surface area contributed by atoms with Gasteiger partial charge in [-0.1, -0.05) is 45.0 Å². The summed E-state index contributed by atoms with van der Waals surface area (Å²) >= 11 is 0. The van der Waals surface area contributed by atoms with E-state index in [9.17, 15) is 9.59 Å². The van der Waals surface area contributed by atoms with Crippen LogP contribution in [-0.2, 0) is 30.9 Å². The summed E-state index contributed by atoms with van der Waals surface area (Å²) in [5.41, 5.74) is 0.424. The summed E-state index contributed by atoms with van der Waals surface area (Å²) in [4.78, 5) is 25.1. The van der Waals surface area contributed by atoms with Crippen LogP contribution in [0, 0.1) is 5.92 Å². The van der Waals surface area contributed by atoms with E-state index in [4.69, 9.17) is 9.47 Å². The molecular formula is C19H28O4. The molecule has 4 nitrogen and oxygen atoms in total. The fourth-order valence-corrected chi connectivity index (χ4v) is 2.72. The number of ether oxygens (including phenoxy) is 2. The molecule has 0 amide bonds. The Morgan fingerprint density at radius 2 is 1.43 bits per heavy atom. The van der Waals surface area contributed by atoms with E-state index in [1.807, 2.05) is 24.3 Å². The van der Waals surface area contributed by atoms with Gasteiger partial charge >= 0.3 is 11.9 Å². The number of carbonyl (C=O) groups excluding carboxylic acids is 2. The van der Waals surface area contributed by atoms with Crippen LogP contribution in [0.5, 0.6) is 0 Å². The van der Waals surface area contributed by atoms with Gasteiger partial charge < -0.3 is 9.47 Å². The normalized spacial score (nSPS) is 11.4. The van der Waals surface area contributed by atoms with Gasteiger partial charge in [-0.2, -0.15) is 0 Å². The van der Waals surface area contributed by atoms with Gasteiger partial charge in [-0.05, 0) is 43.7 Å². The quantitative estimate of drug-likeness (QED) is 0.542. The minimum Gasteiger partial charge on any atom is -0.465 e. The maximum atomic E-state index is 12.6. The molecule has 0 N–H and O–H groups in total. The highest BCUT2D eigenvalue weighted by Crippen LogP contribution is 2.32. The van der Waals surface area contributed by atoms with E-state index in [0.29, 0.717) is 17.9 Å². The highest BCUT2D eigenvalue weighted by molar-refractivity contribution is 6.06. The number of hydrogen-bond acceptors (Lipinski definition) is 4. The molecule has 0 heterocycles. The lowest BCUT2D eigenvalue weighted by molar-refractivity contribution is -0.165. The third-order valence-electron chi connectivity index (χ3n) is 3.87. The second kappa shape index (κ2) is 8.70. The number of esters is 2. The van der Waals surface area contributed by atoms with Crippen LogP contribution in [-0.4, -0.2) is 25.2 Å². The van der Waals surface area contributed by atoms with Gasteiger partial charge in [-0.15, -0.1) is 0 Å². The second-order valence-corrected chi connectivity index (χ2v) is 5.99. The second-order valence-electron chi connectivity index (χ2n) is 5.99. The van der Waals surface area contributed by atoms with Crippen LogP contribution >= 0.6 is 0 Å². The predicted molar refractivity (Wildman–Crippen MR) is 90.2 cm³/mol. The monoisotopic (exact) mass is 320 g/mol. The highest BCUT2D eigenvalue weighted by atomic mass is 16.6. The molecule has 128 valence electrons. The summed E-state index contributed by atoms with van der Waals surface area (Å²) in [5, 5.41) is 0. The lowest BCUT2D eigenvalue weighted by Gasteiger charge is -2.28. The molecule has 0 bridgehead atoms. The zero-order chi connectivity index (χ0) is 17.5. The molecule has 0 fully saturated rings. The lowest BCUT2D eigenvalue weighted by atomic mass is 9.77. The summed E-state index contributed by atoms with van der Waals surface area (Å²) in [5.74, 6) is -0.540. The molecule has 0 aromatic heterocycles. The first-order valence-electron chi connectivity index (χ1n) is 8.36. The molecule has 1 aromatic rings. The number of rotatable bonds is 8. The SMILES string of the molecule is CCOC(=O)C(CC)(C(=O)OCC)c1ccc(CC(C)C)cc1. The van der Waals surface area contributed by atoms with Crippen molar-refractivity contribution < 1.29 is 19.1 Å². The third kappa shape index (κ3) is 4.34. The van der Waals surface area contributed by atoms with E-state index in [-0.39, 0.29) is 13.2 Å². The molecule has 0 unspecified atom stereocenters. The smallest absolute Gasteiger partial charge is 0.328 e. The molecule has 0 spiro atoms. The highest BCUT2D eigenvalue weighted by Gasteiger charge is 2.49. The van der Waals surface area contributed by atoms with Crippen LogP contribution in [0.25, 0.3) is 0 Å². The van der Waals surface area contributed by atoms with Gasteiger partial charge in [-0.25, -0.2) is 0 Å². The average molecular weight is 320 g/mol. The number of carbonyl (C=O) groups is 2. The number of benzene rings is 1. The van der Waals surface area contributed by atoms with Gasteiger partial charge in [0, 0.05) is 0 Å². The molecule has 4 heteroatoms. The molecule has 0 aliphatic carbocycles. The summed E-state index contributed by atoms with van der Waals surface area (Å²) in [6, 6.07) is 7.63. The topological polar surface area (TPSA) is 52.6 Å². The zero-order valence-corrected chi connectivity index (χ0v) is 14.8. The summed E-state index contributed by atoms with van der Waals surface area (Å²) in [7, 11) is 0. The van der Waals surface area contributed by atoms with Crippen LogP contribution < -0.4 is 0 Å². The van der Waals surface area contributed by atoms with E-state index in [2.05, 4.69) is 13.8 Å². The maximum absolute atomic E-state index is 12.6. The lowest BCUT2D eigenvalue weighted by Crippen LogP contribution is -2.45. The molecule has 1 aromatic carbocycles. The minimum atomic E-state index is -1.39. The molecule has 0 aliphatic rings. The maximum Gasteiger partial charge on any atom is 0.328 e. The van der Waals surface area contributed by atoms with Gasteiger partial charge in [0.1, 0.15) is 0 Å². The van der Waals surface area contributed by atoms with Crippen LogP contribution in [0.3, 0.4) is 0 Å². The predicted octanol–water partition coefficient (Wildman–Crippen LogP) is 3.66. The van der Waals surface area contributed by atoms with Gasteiger partial charge in [0.2, 0.25) is 0 Å². The van der Waals surface area contributed by atoms with Crippen LogP contribution in [0.2, 0.25) is 0 Å². The largest absolute Gasteiger partial charge is 0.465 e.